The molecule has 1 N–H and O–H groups in total. The first-order chi connectivity index (χ1) is 15.3. The number of oxime groups is 1. The molecule has 2 aliphatic heterocycles. The lowest BCUT2D eigenvalue weighted by Gasteiger charge is -2.29. The summed E-state index contributed by atoms with van der Waals surface area (Å²) in [7, 11) is -3.09. The molecule has 1 fully saturated rings. The van der Waals surface area contributed by atoms with E-state index in [2.05, 4.69) is 10.5 Å². The predicted octanol–water partition coefficient (Wildman–Crippen LogP) is 4.41. The van der Waals surface area contributed by atoms with Gasteiger partial charge >= 0.3 is 6.18 Å². The largest absolute Gasteiger partial charge is 0.435 e. The number of rotatable bonds is 4. The van der Waals surface area contributed by atoms with E-state index < -0.39 is 40.0 Å². The van der Waals surface area contributed by atoms with Gasteiger partial charge in [0.2, 0.25) is 0 Å². The molecule has 0 aromatic heterocycles. The Labute approximate surface area is 197 Å². The van der Waals surface area contributed by atoms with Crippen LogP contribution >= 0.6 is 23.2 Å². The van der Waals surface area contributed by atoms with Crippen molar-refractivity contribution in [3.8, 4) is 0 Å². The van der Waals surface area contributed by atoms with E-state index in [1.165, 1.54) is 24.3 Å². The van der Waals surface area contributed by atoms with Gasteiger partial charge in [-0.2, -0.15) is 13.2 Å². The molecule has 33 heavy (non-hydrogen) atoms. The topological polar surface area (TPSA) is 84.8 Å². The van der Waals surface area contributed by atoms with E-state index in [-0.39, 0.29) is 38.4 Å². The Kier molecular flexibility index (Phi) is 5.91. The third-order valence-electron chi connectivity index (χ3n) is 5.56. The van der Waals surface area contributed by atoms with Crippen LogP contribution in [0.1, 0.15) is 33.5 Å². The van der Waals surface area contributed by atoms with Crippen molar-refractivity contribution in [2.45, 2.75) is 31.2 Å². The summed E-state index contributed by atoms with van der Waals surface area (Å²) in [5.41, 5.74) is -1.85. The van der Waals surface area contributed by atoms with Crippen molar-refractivity contribution in [3.63, 3.8) is 0 Å². The molecule has 6 nitrogen and oxygen atoms in total. The van der Waals surface area contributed by atoms with Crippen LogP contribution < -0.4 is 5.32 Å². The number of alkyl halides is 3. The molecular formula is C21H17Cl2F3N2O4S. The number of nitrogens with one attached hydrogen (secondary N) is 1. The minimum absolute atomic E-state index is 0.0312. The van der Waals surface area contributed by atoms with E-state index in [4.69, 9.17) is 28.0 Å². The normalized spacial score (nSPS) is 22.3. The molecule has 2 heterocycles. The molecule has 0 bridgehead atoms. The number of halogens is 5. The molecule has 4 rings (SSSR count). The number of carbonyl (C=O) groups is 1. The molecule has 1 saturated heterocycles. The Morgan fingerprint density at radius 2 is 1.79 bits per heavy atom. The maximum absolute atomic E-state index is 14.1. The predicted molar refractivity (Wildman–Crippen MR) is 118 cm³/mol. The quantitative estimate of drug-likeness (QED) is 0.646. The zero-order valence-electron chi connectivity index (χ0n) is 17.0. The van der Waals surface area contributed by atoms with E-state index in [0.29, 0.717) is 11.1 Å². The van der Waals surface area contributed by atoms with Crippen LogP contribution in [-0.4, -0.2) is 43.8 Å². The number of benzene rings is 2. The van der Waals surface area contributed by atoms with E-state index in [1.54, 1.807) is 6.92 Å². The van der Waals surface area contributed by atoms with Gasteiger partial charge in [0.25, 0.3) is 11.5 Å². The molecule has 2 aliphatic rings. The van der Waals surface area contributed by atoms with Gasteiger partial charge in [-0.1, -0.05) is 34.4 Å². The fourth-order valence-corrected chi connectivity index (χ4v) is 5.68. The minimum atomic E-state index is -4.82. The van der Waals surface area contributed by atoms with Crippen LogP contribution in [0.2, 0.25) is 10.0 Å². The summed E-state index contributed by atoms with van der Waals surface area (Å²) in [4.78, 5) is 17.5. The second-order valence-corrected chi connectivity index (χ2v) is 11.1. The van der Waals surface area contributed by atoms with Crippen LogP contribution in [0.3, 0.4) is 0 Å². The van der Waals surface area contributed by atoms with Crippen molar-refractivity contribution in [2.24, 2.45) is 5.16 Å². The fraction of sp³-hybridized carbons (Fsp3) is 0.333. The maximum atomic E-state index is 14.1. The van der Waals surface area contributed by atoms with Crippen LogP contribution in [-0.2, 0) is 20.3 Å². The summed E-state index contributed by atoms with van der Waals surface area (Å²) >= 11 is 11.8. The van der Waals surface area contributed by atoms with E-state index in [1.807, 2.05) is 0 Å². The zero-order chi connectivity index (χ0) is 24.2. The van der Waals surface area contributed by atoms with Gasteiger partial charge in [-0.05, 0) is 48.4 Å². The molecule has 1 amide bonds. The van der Waals surface area contributed by atoms with E-state index in [9.17, 15) is 26.4 Å². The molecule has 12 heteroatoms. The lowest BCUT2D eigenvalue weighted by atomic mass is 9.86. The van der Waals surface area contributed by atoms with Crippen LogP contribution in [0.4, 0.5) is 13.2 Å². The van der Waals surface area contributed by atoms with E-state index >= 15 is 0 Å². The Bertz CT molecular complexity index is 1250. The van der Waals surface area contributed by atoms with Crippen LogP contribution in [0.5, 0.6) is 0 Å². The molecular weight excluding hydrogens is 504 g/mol. The first kappa shape index (κ1) is 23.8. The second kappa shape index (κ2) is 8.18. The number of amides is 1. The van der Waals surface area contributed by atoms with Crippen LogP contribution in [0.15, 0.2) is 41.6 Å². The van der Waals surface area contributed by atoms with Crippen molar-refractivity contribution < 1.29 is 31.2 Å². The van der Waals surface area contributed by atoms with Gasteiger partial charge in [0, 0.05) is 27.6 Å². The minimum Gasteiger partial charge on any atom is -0.374 e. The fourth-order valence-electron chi connectivity index (χ4n) is 3.85. The third-order valence-corrected chi connectivity index (χ3v) is 7.82. The summed E-state index contributed by atoms with van der Waals surface area (Å²) in [5, 5.41) is 6.41. The highest BCUT2D eigenvalue weighted by Crippen LogP contribution is 2.49. The number of carbonyl (C=O) groups excluding carboxylic acids is 1. The van der Waals surface area contributed by atoms with Gasteiger partial charge in [0.1, 0.15) is 0 Å². The highest BCUT2D eigenvalue weighted by Gasteiger charge is 2.62. The summed E-state index contributed by atoms with van der Waals surface area (Å²) < 4.78 is 64.9. The molecule has 2 aromatic carbocycles. The molecule has 0 radical (unpaired) electrons. The van der Waals surface area contributed by atoms with E-state index in [0.717, 1.165) is 12.1 Å². The number of nitrogens with zero attached hydrogens (tertiary/aromatic N) is 1. The molecule has 0 spiro atoms. The molecule has 1 atom stereocenters. The van der Waals surface area contributed by atoms with Crippen molar-refractivity contribution in [1.29, 1.82) is 0 Å². The SMILES string of the molecule is Cc1cc(C2=NO[C@@](c3cc(Cl)cc(Cl)c3)(C(F)(F)F)C2)ccc1C(=O)NC1CS(=O)(=O)C1. The number of hydrogen-bond donors (Lipinski definition) is 1. The van der Waals surface area contributed by atoms with Gasteiger partial charge in [-0.15, -0.1) is 0 Å². The first-order valence-corrected chi connectivity index (χ1v) is 12.3. The van der Waals surface area contributed by atoms with Crippen molar-refractivity contribution in [2.75, 3.05) is 11.5 Å². The van der Waals surface area contributed by atoms with Gasteiger partial charge in [-0.3, -0.25) is 4.79 Å². The highest BCUT2D eigenvalue weighted by molar-refractivity contribution is 7.92. The summed E-state index contributed by atoms with van der Waals surface area (Å²) in [6, 6.07) is 7.60. The average Bonchev–Trinajstić information content (AvgIpc) is 3.12. The molecule has 176 valence electrons. The molecule has 0 unspecified atom stereocenters. The zero-order valence-corrected chi connectivity index (χ0v) is 19.4. The Balaban J connectivity index is 1.57. The Morgan fingerprint density at radius 3 is 2.33 bits per heavy atom. The van der Waals surface area contributed by atoms with Gasteiger partial charge in [-0.25, -0.2) is 8.42 Å². The molecule has 0 aliphatic carbocycles. The van der Waals surface area contributed by atoms with Gasteiger partial charge in [0.15, 0.2) is 9.84 Å². The lowest BCUT2D eigenvalue weighted by Crippen LogP contribution is -2.53. The summed E-state index contributed by atoms with van der Waals surface area (Å²) in [5.74, 6) is -0.685. The second-order valence-electron chi connectivity index (χ2n) is 8.07. The van der Waals surface area contributed by atoms with Crippen LogP contribution in [0, 0.1) is 6.92 Å². The number of aryl methyl sites for hydroxylation is 1. The number of hydrogen-bond acceptors (Lipinski definition) is 5. The maximum Gasteiger partial charge on any atom is 0.435 e. The van der Waals surface area contributed by atoms with Gasteiger partial charge < -0.3 is 10.2 Å². The standard InChI is InChI=1S/C21H17Cl2F3N2O4S/c1-11-4-12(2-3-17(11)19(29)27-16-9-33(30,31)10-16)18-8-20(32-28-18,21(24,25)26)13-5-14(22)7-15(23)6-13/h2-7,16H,8-10H2,1H3,(H,27,29)/t20-/m0/s1. The Hall–Kier alpha value is -2.30. The lowest BCUT2D eigenvalue weighted by molar-refractivity contribution is -0.275. The number of sulfone groups is 1. The smallest absolute Gasteiger partial charge is 0.374 e. The molecule has 0 saturated carbocycles. The van der Waals surface area contributed by atoms with Crippen molar-refractivity contribution in [1.82, 2.24) is 5.32 Å². The highest BCUT2D eigenvalue weighted by atomic mass is 35.5. The summed E-state index contributed by atoms with van der Waals surface area (Å²) in [6.07, 6.45) is -5.43. The Morgan fingerprint density at radius 1 is 1.15 bits per heavy atom. The van der Waals surface area contributed by atoms with Crippen LogP contribution in [0.25, 0.3) is 0 Å². The first-order valence-electron chi connectivity index (χ1n) is 9.70. The summed E-state index contributed by atoms with van der Waals surface area (Å²) in [6.45, 7) is 1.63. The monoisotopic (exact) mass is 520 g/mol. The molecule has 2 aromatic rings. The average molecular weight is 521 g/mol. The van der Waals surface area contributed by atoms with Gasteiger partial charge in [0.05, 0.1) is 23.3 Å². The van der Waals surface area contributed by atoms with Crippen molar-refractivity contribution >= 4 is 44.7 Å². The third kappa shape index (κ3) is 4.56. The van der Waals surface area contributed by atoms with Crippen molar-refractivity contribution in [3.05, 3.63) is 68.7 Å².